The first-order valence-electron chi connectivity index (χ1n) is 10.4. The molecule has 0 saturated carbocycles. The molecule has 4 aliphatic rings. The fourth-order valence-electron chi connectivity index (χ4n) is 5.63. The molecule has 3 nitrogen and oxygen atoms in total. The molecule has 5 atom stereocenters. The summed E-state index contributed by atoms with van der Waals surface area (Å²) in [4.78, 5) is 14.0. The minimum absolute atomic E-state index is 0.159. The Morgan fingerprint density at radius 1 is 1.07 bits per heavy atom. The molecule has 2 aromatic carbocycles. The predicted octanol–water partition coefficient (Wildman–Crippen LogP) is 4.78. The van der Waals surface area contributed by atoms with E-state index in [-0.39, 0.29) is 5.97 Å². The summed E-state index contributed by atoms with van der Waals surface area (Å²) in [7, 11) is 0. The molecule has 4 aliphatic heterocycles. The van der Waals surface area contributed by atoms with Crippen LogP contribution in [0.5, 0.6) is 0 Å². The smallest absolute Gasteiger partial charge is 0.302 e. The van der Waals surface area contributed by atoms with E-state index in [9.17, 15) is 4.79 Å². The molecule has 0 spiro atoms. The number of esters is 1. The fourth-order valence-corrected chi connectivity index (χ4v) is 5.63. The van der Waals surface area contributed by atoms with Gasteiger partial charge in [-0.15, -0.1) is 0 Å². The summed E-state index contributed by atoms with van der Waals surface area (Å²) < 4.78 is 5.46. The SMILES string of the molecule is CC(=O)OC[C@H]1[C@@H]2C[C@@H]3CC[C@H]1N3C/C2=C\c1ccc(-c2ccccc2)cc1. The molecule has 4 heterocycles. The van der Waals surface area contributed by atoms with Crippen molar-refractivity contribution in [1.29, 1.82) is 0 Å². The van der Waals surface area contributed by atoms with Crippen LogP contribution in [0.2, 0.25) is 0 Å². The van der Waals surface area contributed by atoms with Gasteiger partial charge in [0.05, 0.1) is 6.61 Å². The zero-order chi connectivity index (χ0) is 19.1. The summed E-state index contributed by atoms with van der Waals surface area (Å²) in [6.07, 6.45) is 6.16. The number of ether oxygens (including phenoxy) is 1. The molecule has 1 unspecified atom stereocenters. The van der Waals surface area contributed by atoms with Crippen molar-refractivity contribution in [2.75, 3.05) is 13.2 Å². The Hall–Kier alpha value is -2.39. The lowest BCUT2D eigenvalue weighted by Crippen LogP contribution is -2.57. The van der Waals surface area contributed by atoms with Crippen LogP contribution in [0, 0.1) is 11.8 Å². The van der Waals surface area contributed by atoms with Crippen LogP contribution in [0.1, 0.15) is 31.7 Å². The zero-order valence-corrected chi connectivity index (χ0v) is 16.4. The van der Waals surface area contributed by atoms with Gasteiger partial charge in [-0.1, -0.05) is 66.2 Å². The van der Waals surface area contributed by atoms with Crippen molar-refractivity contribution in [2.24, 2.45) is 11.8 Å². The van der Waals surface area contributed by atoms with Crippen LogP contribution in [-0.4, -0.2) is 36.1 Å². The van der Waals surface area contributed by atoms with E-state index in [4.69, 9.17) is 4.74 Å². The highest BCUT2D eigenvalue weighted by atomic mass is 16.5. The summed E-state index contributed by atoms with van der Waals surface area (Å²) in [6, 6.07) is 20.7. The molecule has 0 aliphatic carbocycles. The number of benzene rings is 2. The highest BCUT2D eigenvalue weighted by molar-refractivity contribution is 5.67. The first-order chi connectivity index (χ1) is 13.7. The van der Waals surface area contributed by atoms with Crippen LogP contribution < -0.4 is 0 Å². The van der Waals surface area contributed by atoms with Gasteiger partial charge in [-0.25, -0.2) is 0 Å². The van der Waals surface area contributed by atoms with Crippen LogP contribution in [0.25, 0.3) is 17.2 Å². The molecular weight excluding hydrogens is 346 g/mol. The topological polar surface area (TPSA) is 29.5 Å². The number of nitrogens with zero attached hydrogens (tertiary/aromatic N) is 1. The highest BCUT2D eigenvalue weighted by Crippen LogP contribution is 2.50. The normalized spacial score (nSPS) is 31.9. The van der Waals surface area contributed by atoms with Gasteiger partial charge in [-0.05, 0) is 41.9 Å². The largest absolute Gasteiger partial charge is 0.465 e. The lowest BCUT2D eigenvalue weighted by atomic mass is 9.71. The van der Waals surface area contributed by atoms with Gasteiger partial charge in [-0.3, -0.25) is 9.69 Å². The Kier molecular flexibility index (Phi) is 4.56. The standard InChI is InChI=1S/C25H27NO2/c1-17(27)28-16-24-23-14-22-11-12-25(24)26(22)15-21(23)13-18-7-9-20(10-8-18)19-5-3-2-4-6-19/h2-10,13,22-25H,11-12,14-16H2,1H3/b21-13+/t22-,23+,24-,25+/m0/s1. The van der Waals surface area contributed by atoms with Gasteiger partial charge in [-0.2, -0.15) is 0 Å². The van der Waals surface area contributed by atoms with Gasteiger partial charge in [0, 0.05) is 31.5 Å². The van der Waals surface area contributed by atoms with Crippen molar-refractivity contribution in [3.05, 3.63) is 65.7 Å². The van der Waals surface area contributed by atoms with E-state index in [1.807, 2.05) is 0 Å². The van der Waals surface area contributed by atoms with E-state index in [1.165, 1.54) is 48.4 Å². The van der Waals surface area contributed by atoms with Crippen LogP contribution in [-0.2, 0) is 9.53 Å². The van der Waals surface area contributed by atoms with E-state index in [1.54, 1.807) is 0 Å². The Morgan fingerprint density at radius 3 is 2.57 bits per heavy atom. The zero-order valence-electron chi connectivity index (χ0n) is 16.4. The molecule has 4 saturated heterocycles. The third-order valence-electron chi connectivity index (χ3n) is 6.92. The van der Waals surface area contributed by atoms with Crippen molar-refractivity contribution < 1.29 is 9.53 Å². The summed E-state index contributed by atoms with van der Waals surface area (Å²) in [6.45, 7) is 3.17. The Bertz CT molecular complexity index is 887. The number of carbonyl (C=O) groups excluding carboxylic acids is 1. The van der Waals surface area contributed by atoms with Gasteiger partial charge >= 0.3 is 5.97 Å². The lowest BCUT2D eigenvalue weighted by molar-refractivity contribution is -0.145. The number of rotatable bonds is 4. The van der Waals surface area contributed by atoms with Crippen LogP contribution in [0.3, 0.4) is 0 Å². The molecular formula is C25H27NO2. The Morgan fingerprint density at radius 2 is 1.82 bits per heavy atom. The molecule has 0 amide bonds. The number of hydrogen-bond acceptors (Lipinski definition) is 3. The molecule has 0 N–H and O–H groups in total. The van der Waals surface area contributed by atoms with Gasteiger partial charge in [0.1, 0.15) is 0 Å². The molecule has 4 bridgehead atoms. The van der Waals surface area contributed by atoms with E-state index < -0.39 is 0 Å². The number of carbonyl (C=O) groups is 1. The van der Waals surface area contributed by atoms with Crippen molar-refractivity contribution >= 4 is 12.0 Å². The molecule has 6 rings (SSSR count). The molecule has 144 valence electrons. The van der Waals surface area contributed by atoms with Crippen molar-refractivity contribution in [1.82, 2.24) is 4.90 Å². The Balaban J connectivity index is 1.38. The summed E-state index contributed by atoms with van der Waals surface area (Å²) >= 11 is 0. The number of piperidine rings is 3. The van der Waals surface area contributed by atoms with Crippen LogP contribution in [0.15, 0.2) is 60.2 Å². The molecule has 0 aromatic heterocycles. The van der Waals surface area contributed by atoms with Crippen molar-refractivity contribution in [3.8, 4) is 11.1 Å². The first-order valence-corrected chi connectivity index (χ1v) is 10.4. The lowest BCUT2D eigenvalue weighted by Gasteiger charge is -2.51. The average Bonchev–Trinajstić information content (AvgIpc) is 3.04. The summed E-state index contributed by atoms with van der Waals surface area (Å²) in [5, 5.41) is 0. The van der Waals surface area contributed by atoms with E-state index >= 15 is 0 Å². The van der Waals surface area contributed by atoms with Crippen molar-refractivity contribution in [2.45, 2.75) is 38.3 Å². The quantitative estimate of drug-likeness (QED) is 0.722. The number of hydrogen-bond donors (Lipinski definition) is 0. The second kappa shape index (κ2) is 7.21. The molecule has 0 radical (unpaired) electrons. The monoisotopic (exact) mass is 373 g/mol. The number of fused-ring (bicyclic) bond motifs is 1. The maximum atomic E-state index is 11.4. The van der Waals surface area contributed by atoms with Crippen LogP contribution in [0.4, 0.5) is 0 Å². The maximum Gasteiger partial charge on any atom is 0.302 e. The summed E-state index contributed by atoms with van der Waals surface area (Å²) in [5.41, 5.74) is 5.28. The van der Waals surface area contributed by atoms with Gasteiger partial charge in [0.15, 0.2) is 0 Å². The predicted molar refractivity (Wildman–Crippen MR) is 112 cm³/mol. The Labute approximate surface area is 167 Å². The van der Waals surface area contributed by atoms with Gasteiger partial charge < -0.3 is 4.74 Å². The summed E-state index contributed by atoms with van der Waals surface area (Å²) in [5.74, 6) is 0.843. The van der Waals surface area contributed by atoms with E-state index in [0.717, 1.165) is 12.6 Å². The first kappa shape index (κ1) is 17.7. The second-order valence-corrected chi connectivity index (χ2v) is 8.49. The molecule has 4 fully saturated rings. The van der Waals surface area contributed by atoms with E-state index in [2.05, 4.69) is 65.6 Å². The van der Waals surface area contributed by atoms with Crippen LogP contribution >= 0.6 is 0 Å². The fraction of sp³-hybridized carbons (Fsp3) is 0.400. The molecule has 2 aromatic rings. The maximum absolute atomic E-state index is 11.4. The van der Waals surface area contributed by atoms with Crippen molar-refractivity contribution in [3.63, 3.8) is 0 Å². The average molecular weight is 373 g/mol. The molecule has 28 heavy (non-hydrogen) atoms. The van der Waals surface area contributed by atoms with E-state index in [0.29, 0.717) is 24.5 Å². The van der Waals surface area contributed by atoms with Gasteiger partial charge in [0.2, 0.25) is 0 Å². The molecule has 3 heteroatoms. The van der Waals surface area contributed by atoms with Gasteiger partial charge in [0.25, 0.3) is 0 Å². The second-order valence-electron chi connectivity index (χ2n) is 8.49. The third-order valence-corrected chi connectivity index (χ3v) is 6.92. The minimum Gasteiger partial charge on any atom is -0.465 e. The highest BCUT2D eigenvalue weighted by Gasteiger charge is 2.52. The minimum atomic E-state index is -0.159. The third kappa shape index (κ3) is 3.18.